The van der Waals surface area contributed by atoms with Crippen LogP contribution in [0.15, 0.2) is 72.8 Å². The molecule has 0 unspecified atom stereocenters. The predicted octanol–water partition coefficient (Wildman–Crippen LogP) is 4.41. The number of amides is 1. The molecule has 1 amide bonds. The first kappa shape index (κ1) is 13.8. The maximum absolute atomic E-state index is 12.2. The number of benzene rings is 3. The van der Waals surface area contributed by atoms with Crippen molar-refractivity contribution in [2.24, 2.45) is 0 Å². The number of rotatable bonds is 3. The highest BCUT2D eigenvalue weighted by molar-refractivity contribution is 5.94. The standard InChI is InChI=1S/C20H17NO2/c22-20-21(18-11-10-16-8-4-5-9-17(16)13-18)19(14-23-20)12-15-6-2-1-3-7-15/h1-11,13,19H,12,14H2/t19-/m0/s1. The number of fused-ring (bicyclic) bond motifs is 1. The summed E-state index contributed by atoms with van der Waals surface area (Å²) in [5.41, 5.74) is 2.11. The molecule has 0 bridgehead atoms. The van der Waals surface area contributed by atoms with Gasteiger partial charge in [-0.05, 0) is 34.9 Å². The van der Waals surface area contributed by atoms with Crippen LogP contribution >= 0.6 is 0 Å². The van der Waals surface area contributed by atoms with Crippen LogP contribution in [-0.2, 0) is 11.2 Å². The van der Waals surface area contributed by atoms with Crippen molar-refractivity contribution in [3.63, 3.8) is 0 Å². The summed E-state index contributed by atoms with van der Waals surface area (Å²) in [4.78, 5) is 14.0. The summed E-state index contributed by atoms with van der Waals surface area (Å²) in [6.07, 6.45) is 0.528. The molecule has 0 aromatic heterocycles. The molecule has 0 radical (unpaired) electrons. The van der Waals surface area contributed by atoms with Crippen molar-refractivity contribution in [1.82, 2.24) is 0 Å². The molecule has 1 heterocycles. The molecule has 1 fully saturated rings. The Hall–Kier alpha value is -2.81. The van der Waals surface area contributed by atoms with E-state index in [1.165, 1.54) is 10.9 Å². The van der Waals surface area contributed by atoms with Gasteiger partial charge in [-0.1, -0.05) is 60.7 Å². The van der Waals surface area contributed by atoms with Gasteiger partial charge in [0, 0.05) is 5.69 Å². The van der Waals surface area contributed by atoms with E-state index in [-0.39, 0.29) is 12.1 Å². The van der Waals surface area contributed by atoms with Crippen molar-refractivity contribution in [1.29, 1.82) is 0 Å². The van der Waals surface area contributed by atoms with E-state index in [4.69, 9.17) is 4.74 Å². The first-order valence-electron chi connectivity index (χ1n) is 7.80. The van der Waals surface area contributed by atoms with Gasteiger partial charge in [-0.25, -0.2) is 4.79 Å². The van der Waals surface area contributed by atoms with E-state index < -0.39 is 0 Å². The summed E-state index contributed by atoms with van der Waals surface area (Å²) in [6, 6.07) is 24.5. The lowest BCUT2D eigenvalue weighted by molar-refractivity contribution is 0.178. The maximum atomic E-state index is 12.2. The number of ether oxygens (including phenoxy) is 1. The molecule has 114 valence electrons. The van der Waals surface area contributed by atoms with Gasteiger partial charge in [0.05, 0.1) is 6.04 Å². The summed E-state index contributed by atoms with van der Waals surface area (Å²) < 4.78 is 5.30. The molecule has 1 saturated heterocycles. The molecule has 23 heavy (non-hydrogen) atoms. The Morgan fingerprint density at radius 3 is 2.48 bits per heavy atom. The normalized spacial score (nSPS) is 17.5. The van der Waals surface area contributed by atoms with Gasteiger partial charge in [0.2, 0.25) is 0 Å². The van der Waals surface area contributed by atoms with Crippen molar-refractivity contribution in [3.8, 4) is 0 Å². The van der Waals surface area contributed by atoms with E-state index in [1.54, 1.807) is 4.90 Å². The predicted molar refractivity (Wildman–Crippen MR) is 91.7 cm³/mol. The zero-order valence-electron chi connectivity index (χ0n) is 12.7. The third kappa shape index (κ3) is 2.66. The van der Waals surface area contributed by atoms with Crippen molar-refractivity contribution < 1.29 is 9.53 Å². The molecule has 1 aliphatic heterocycles. The number of hydrogen-bond acceptors (Lipinski definition) is 2. The topological polar surface area (TPSA) is 29.5 Å². The van der Waals surface area contributed by atoms with Gasteiger partial charge in [0.15, 0.2) is 0 Å². The summed E-state index contributed by atoms with van der Waals surface area (Å²) in [6.45, 7) is 0.431. The molecule has 3 nitrogen and oxygen atoms in total. The fraction of sp³-hybridized carbons (Fsp3) is 0.150. The third-order valence-corrected chi connectivity index (χ3v) is 4.29. The highest BCUT2D eigenvalue weighted by atomic mass is 16.6. The fourth-order valence-corrected chi connectivity index (χ4v) is 3.14. The summed E-state index contributed by atoms with van der Waals surface area (Å²) in [7, 11) is 0. The molecule has 1 atom stereocenters. The Bertz CT molecular complexity index is 844. The van der Waals surface area contributed by atoms with Crippen LogP contribution in [0, 0.1) is 0 Å². The summed E-state index contributed by atoms with van der Waals surface area (Å²) in [5, 5.41) is 2.30. The highest BCUT2D eigenvalue weighted by Crippen LogP contribution is 2.28. The van der Waals surface area contributed by atoms with Crippen molar-refractivity contribution >= 4 is 22.6 Å². The second kappa shape index (κ2) is 5.76. The van der Waals surface area contributed by atoms with Gasteiger partial charge in [-0.15, -0.1) is 0 Å². The Morgan fingerprint density at radius 1 is 0.913 bits per heavy atom. The lowest BCUT2D eigenvalue weighted by atomic mass is 10.0. The lowest BCUT2D eigenvalue weighted by Crippen LogP contribution is -2.35. The van der Waals surface area contributed by atoms with Crippen LogP contribution in [0.4, 0.5) is 10.5 Å². The van der Waals surface area contributed by atoms with E-state index in [0.717, 1.165) is 17.5 Å². The molecular formula is C20H17NO2. The molecule has 4 rings (SSSR count). The van der Waals surface area contributed by atoms with Gasteiger partial charge in [-0.3, -0.25) is 4.90 Å². The summed E-state index contributed by atoms with van der Waals surface area (Å²) in [5.74, 6) is 0. The molecule has 3 aromatic rings. The fourth-order valence-electron chi connectivity index (χ4n) is 3.14. The van der Waals surface area contributed by atoms with Crippen LogP contribution in [0.2, 0.25) is 0 Å². The zero-order chi connectivity index (χ0) is 15.6. The van der Waals surface area contributed by atoms with E-state index in [2.05, 4.69) is 36.4 Å². The number of carbonyl (C=O) groups is 1. The van der Waals surface area contributed by atoms with Crippen molar-refractivity contribution in [2.75, 3.05) is 11.5 Å². The molecule has 0 saturated carbocycles. The van der Waals surface area contributed by atoms with Crippen LogP contribution in [0.3, 0.4) is 0 Å². The zero-order valence-corrected chi connectivity index (χ0v) is 12.7. The Labute approximate surface area is 135 Å². The second-order valence-corrected chi connectivity index (χ2v) is 5.82. The van der Waals surface area contributed by atoms with Crippen LogP contribution in [0.25, 0.3) is 10.8 Å². The van der Waals surface area contributed by atoms with Gasteiger partial charge >= 0.3 is 6.09 Å². The van der Waals surface area contributed by atoms with Gasteiger partial charge < -0.3 is 4.74 Å². The number of carbonyl (C=O) groups excluding carboxylic acids is 1. The monoisotopic (exact) mass is 303 g/mol. The van der Waals surface area contributed by atoms with E-state index in [9.17, 15) is 4.79 Å². The number of hydrogen-bond donors (Lipinski definition) is 0. The number of cyclic esters (lactones) is 1. The first-order chi connectivity index (χ1) is 11.3. The Kier molecular flexibility index (Phi) is 3.46. The molecule has 0 aliphatic carbocycles. The van der Waals surface area contributed by atoms with Crippen molar-refractivity contribution in [2.45, 2.75) is 12.5 Å². The average Bonchev–Trinajstić information content (AvgIpc) is 2.96. The second-order valence-electron chi connectivity index (χ2n) is 5.82. The minimum atomic E-state index is -0.263. The van der Waals surface area contributed by atoms with E-state index >= 15 is 0 Å². The summed E-state index contributed by atoms with van der Waals surface area (Å²) >= 11 is 0. The molecule has 0 N–H and O–H groups in total. The van der Waals surface area contributed by atoms with E-state index in [0.29, 0.717) is 6.61 Å². The third-order valence-electron chi connectivity index (χ3n) is 4.29. The molecule has 3 heteroatoms. The van der Waals surface area contributed by atoms with Crippen LogP contribution in [0.5, 0.6) is 0 Å². The van der Waals surface area contributed by atoms with Gasteiger partial charge in [0.25, 0.3) is 0 Å². The number of nitrogens with zero attached hydrogens (tertiary/aromatic N) is 1. The van der Waals surface area contributed by atoms with E-state index in [1.807, 2.05) is 36.4 Å². The molecule has 1 aliphatic rings. The van der Waals surface area contributed by atoms with Gasteiger partial charge in [-0.2, -0.15) is 0 Å². The largest absolute Gasteiger partial charge is 0.447 e. The van der Waals surface area contributed by atoms with Crippen LogP contribution in [0.1, 0.15) is 5.56 Å². The van der Waals surface area contributed by atoms with Gasteiger partial charge in [0.1, 0.15) is 6.61 Å². The molecule has 3 aromatic carbocycles. The van der Waals surface area contributed by atoms with Crippen LogP contribution in [-0.4, -0.2) is 18.7 Å². The Morgan fingerprint density at radius 2 is 1.65 bits per heavy atom. The SMILES string of the molecule is O=C1OC[C@H](Cc2ccccc2)N1c1ccc2ccccc2c1. The minimum Gasteiger partial charge on any atom is -0.447 e. The lowest BCUT2D eigenvalue weighted by Gasteiger charge is -2.22. The van der Waals surface area contributed by atoms with Crippen molar-refractivity contribution in [3.05, 3.63) is 78.4 Å². The number of anilines is 1. The maximum Gasteiger partial charge on any atom is 0.414 e. The quantitative estimate of drug-likeness (QED) is 0.717. The first-order valence-corrected chi connectivity index (χ1v) is 7.80. The highest BCUT2D eigenvalue weighted by Gasteiger charge is 2.34. The van der Waals surface area contributed by atoms with Crippen LogP contribution < -0.4 is 4.90 Å². The molecule has 0 spiro atoms. The Balaban J connectivity index is 1.67. The molecular weight excluding hydrogens is 286 g/mol. The average molecular weight is 303 g/mol. The minimum absolute atomic E-state index is 0.0334. The smallest absolute Gasteiger partial charge is 0.414 e.